The lowest BCUT2D eigenvalue weighted by molar-refractivity contribution is -0.121. The zero-order valence-corrected chi connectivity index (χ0v) is 18.1. The Labute approximate surface area is 179 Å². The van der Waals surface area contributed by atoms with E-state index in [0.29, 0.717) is 16.1 Å². The van der Waals surface area contributed by atoms with Crippen molar-refractivity contribution in [1.82, 2.24) is 4.57 Å². The van der Waals surface area contributed by atoms with Crippen LogP contribution in [0.3, 0.4) is 0 Å². The topological polar surface area (TPSA) is 71.7 Å². The summed E-state index contributed by atoms with van der Waals surface area (Å²) in [5.74, 6) is -0.888. The number of carbonyl (C=O) groups is 3. The third-order valence-electron chi connectivity index (χ3n) is 4.69. The van der Waals surface area contributed by atoms with Crippen LogP contribution in [0.2, 0.25) is 0 Å². The molecule has 2 aromatic carbocycles. The van der Waals surface area contributed by atoms with Crippen LogP contribution in [0.25, 0.3) is 10.2 Å². The first-order chi connectivity index (χ1) is 14.0. The summed E-state index contributed by atoms with van der Waals surface area (Å²) in [6, 6.07) is 12.5. The maximum Gasteiger partial charge on any atom is 0.279 e. The van der Waals surface area contributed by atoms with Crippen LogP contribution < -0.4 is 9.70 Å². The minimum Gasteiger partial charge on any atom is -0.316 e. The van der Waals surface area contributed by atoms with Gasteiger partial charge in [-0.15, -0.1) is 0 Å². The van der Waals surface area contributed by atoms with Gasteiger partial charge >= 0.3 is 0 Å². The molecule has 1 aliphatic rings. The lowest BCUT2D eigenvalue weighted by Crippen LogP contribution is -2.28. The third-order valence-corrected chi connectivity index (χ3v) is 6.23. The Balaban J connectivity index is 1.75. The van der Waals surface area contributed by atoms with Gasteiger partial charge in [-0.25, -0.2) is 0 Å². The van der Waals surface area contributed by atoms with E-state index in [0.717, 1.165) is 32.6 Å². The molecule has 3 aromatic rings. The van der Waals surface area contributed by atoms with E-state index in [2.05, 4.69) is 27.8 Å². The first kappa shape index (κ1) is 19.7. The molecule has 29 heavy (non-hydrogen) atoms. The summed E-state index contributed by atoms with van der Waals surface area (Å²) in [4.78, 5) is 43.0. The molecule has 1 aromatic heterocycles. The molecular formula is C21H18BrN3O3S. The van der Waals surface area contributed by atoms with Crippen molar-refractivity contribution >= 4 is 60.9 Å². The maximum absolute atomic E-state index is 12.9. The van der Waals surface area contributed by atoms with E-state index < -0.39 is 5.91 Å². The Morgan fingerprint density at radius 3 is 2.62 bits per heavy atom. The minimum atomic E-state index is -0.401. The van der Waals surface area contributed by atoms with Crippen LogP contribution in [0, 0.1) is 0 Å². The number of thiazole rings is 1. The van der Waals surface area contributed by atoms with Crippen LogP contribution in [0.15, 0.2) is 51.9 Å². The van der Waals surface area contributed by atoms with Crippen molar-refractivity contribution in [1.29, 1.82) is 0 Å². The van der Waals surface area contributed by atoms with Gasteiger partial charge < -0.3 is 4.57 Å². The van der Waals surface area contributed by atoms with Gasteiger partial charge in [-0.1, -0.05) is 40.3 Å². The number of aromatic nitrogens is 1. The summed E-state index contributed by atoms with van der Waals surface area (Å²) < 4.78 is 4.06. The fraction of sp³-hybridized carbons (Fsp3) is 0.238. The molecule has 3 amide bonds. The molecular weight excluding hydrogens is 454 g/mol. The van der Waals surface area contributed by atoms with Crippen molar-refractivity contribution in [3.8, 4) is 0 Å². The molecule has 0 bridgehead atoms. The number of hydrogen-bond donors (Lipinski definition) is 0. The highest BCUT2D eigenvalue weighted by molar-refractivity contribution is 9.10. The Morgan fingerprint density at radius 1 is 1.14 bits per heavy atom. The smallest absolute Gasteiger partial charge is 0.279 e. The van der Waals surface area contributed by atoms with E-state index >= 15 is 0 Å². The SMILES string of the molecule is CCCn1c(=NC(=O)c2cccc(N3C(=O)CCC3=O)c2)sc2cc(Br)ccc21. The summed E-state index contributed by atoms with van der Waals surface area (Å²) in [6.07, 6.45) is 1.32. The number of anilines is 1. The molecule has 0 spiro atoms. The Kier molecular flexibility index (Phi) is 5.47. The van der Waals surface area contributed by atoms with E-state index in [-0.39, 0.29) is 24.7 Å². The Bertz CT molecular complexity index is 1200. The number of fused-ring (bicyclic) bond motifs is 1. The van der Waals surface area contributed by atoms with Crippen LogP contribution in [0.4, 0.5) is 5.69 Å². The van der Waals surface area contributed by atoms with Gasteiger partial charge in [0.25, 0.3) is 5.91 Å². The number of rotatable bonds is 4. The van der Waals surface area contributed by atoms with Crippen LogP contribution >= 0.6 is 27.3 Å². The molecule has 8 heteroatoms. The van der Waals surface area contributed by atoms with Crippen molar-refractivity contribution in [2.75, 3.05) is 4.90 Å². The van der Waals surface area contributed by atoms with Crippen molar-refractivity contribution in [3.63, 3.8) is 0 Å². The molecule has 0 aliphatic carbocycles. The van der Waals surface area contributed by atoms with Gasteiger partial charge in [-0.05, 0) is 42.8 Å². The summed E-state index contributed by atoms with van der Waals surface area (Å²) in [6.45, 7) is 2.83. The number of benzene rings is 2. The normalized spacial score (nSPS) is 15.0. The molecule has 0 N–H and O–H groups in total. The van der Waals surface area contributed by atoms with Crippen LogP contribution in [-0.4, -0.2) is 22.3 Å². The molecule has 148 valence electrons. The van der Waals surface area contributed by atoms with Gasteiger partial charge in [0, 0.05) is 29.4 Å². The van der Waals surface area contributed by atoms with Crippen LogP contribution in [0.5, 0.6) is 0 Å². The molecule has 0 saturated carbocycles. The number of hydrogen-bond acceptors (Lipinski definition) is 4. The molecule has 1 aliphatic heterocycles. The molecule has 1 fully saturated rings. The largest absolute Gasteiger partial charge is 0.316 e. The number of imide groups is 1. The van der Waals surface area contributed by atoms with E-state index in [1.54, 1.807) is 24.3 Å². The van der Waals surface area contributed by atoms with Crippen molar-refractivity contribution < 1.29 is 14.4 Å². The Morgan fingerprint density at radius 2 is 1.90 bits per heavy atom. The second kappa shape index (κ2) is 8.04. The predicted octanol–water partition coefficient (Wildman–Crippen LogP) is 4.27. The van der Waals surface area contributed by atoms with E-state index in [1.165, 1.54) is 11.3 Å². The van der Waals surface area contributed by atoms with Crippen molar-refractivity contribution in [3.05, 3.63) is 57.3 Å². The summed E-state index contributed by atoms with van der Waals surface area (Å²) >= 11 is 4.94. The minimum absolute atomic E-state index is 0.204. The highest BCUT2D eigenvalue weighted by Gasteiger charge is 2.30. The maximum atomic E-state index is 12.9. The fourth-order valence-corrected chi connectivity index (χ4v) is 4.97. The lowest BCUT2D eigenvalue weighted by atomic mass is 10.2. The highest BCUT2D eigenvalue weighted by atomic mass is 79.9. The zero-order valence-electron chi connectivity index (χ0n) is 15.7. The van der Waals surface area contributed by atoms with Gasteiger partial charge in [0.2, 0.25) is 11.8 Å². The molecule has 0 radical (unpaired) electrons. The first-order valence-corrected chi connectivity index (χ1v) is 10.9. The summed E-state index contributed by atoms with van der Waals surface area (Å²) in [5, 5.41) is 0. The molecule has 2 heterocycles. The standard InChI is InChI=1S/C21H18BrN3O3S/c1-2-10-24-16-7-6-14(22)12-17(16)29-21(24)23-20(28)13-4-3-5-15(11-13)25-18(26)8-9-19(25)27/h3-7,11-12H,2,8-10H2,1H3. The number of amides is 3. The van der Waals surface area contributed by atoms with Gasteiger partial charge in [0.05, 0.1) is 15.9 Å². The quantitative estimate of drug-likeness (QED) is 0.533. The first-order valence-electron chi connectivity index (χ1n) is 9.31. The third kappa shape index (κ3) is 3.82. The average Bonchev–Trinajstić information content (AvgIpc) is 3.21. The van der Waals surface area contributed by atoms with Gasteiger partial charge in [-0.3, -0.25) is 19.3 Å². The molecule has 4 rings (SSSR count). The molecule has 0 unspecified atom stereocenters. The second-order valence-electron chi connectivity index (χ2n) is 6.74. The monoisotopic (exact) mass is 471 g/mol. The molecule has 1 saturated heterocycles. The second-order valence-corrected chi connectivity index (χ2v) is 8.66. The number of aryl methyl sites for hydroxylation is 1. The molecule has 6 nitrogen and oxygen atoms in total. The zero-order chi connectivity index (χ0) is 20.5. The number of carbonyl (C=O) groups excluding carboxylic acids is 3. The summed E-state index contributed by atoms with van der Waals surface area (Å²) in [5.41, 5.74) is 1.80. The van der Waals surface area contributed by atoms with Gasteiger partial charge in [-0.2, -0.15) is 4.99 Å². The average molecular weight is 472 g/mol. The van der Waals surface area contributed by atoms with Crippen LogP contribution in [0.1, 0.15) is 36.5 Å². The number of nitrogens with zero attached hydrogens (tertiary/aromatic N) is 3. The van der Waals surface area contributed by atoms with E-state index in [1.807, 2.05) is 22.8 Å². The lowest BCUT2D eigenvalue weighted by Gasteiger charge is -2.14. The van der Waals surface area contributed by atoms with E-state index in [4.69, 9.17) is 0 Å². The number of halogens is 1. The summed E-state index contributed by atoms with van der Waals surface area (Å²) in [7, 11) is 0. The predicted molar refractivity (Wildman–Crippen MR) is 116 cm³/mol. The van der Waals surface area contributed by atoms with Crippen molar-refractivity contribution in [2.24, 2.45) is 4.99 Å². The van der Waals surface area contributed by atoms with Gasteiger partial charge in [0.15, 0.2) is 4.80 Å². The fourth-order valence-electron chi connectivity index (χ4n) is 3.37. The van der Waals surface area contributed by atoms with Gasteiger partial charge in [0.1, 0.15) is 0 Å². The molecule has 0 atom stereocenters. The van der Waals surface area contributed by atoms with Crippen molar-refractivity contribution in [2.45, 2.75) is 32.7 Å². The van der Waals surface area contributed by atoms with Crippen LogP contribution in [-0.2, 0) is 16.1 Å². The van der Waals surface area contributed by atoms with E-state index in [9.17, 15) is 14.4 Å². The Hall–Kier alpha value is -2.58. The highest BCUT2D eigenvalue weighted by Crippen LogP contribution is 2.25.